The van der Waals surface area contributed by atoms with Crippen LogP contribution in [-0.4, -0.2) is 31.6 Å². The van der Waals surface area contributed by atoms with Gasteiger partial charge in [0.15, 0.2) is 11.5 Å². The van der Waals surface area contributed by atoms with Gasteiger partial charge >= 0.3 is 0 Å². The van der Waals surface area contributed by atoms with Crippen LogP contribution in [0.25, 0.3) is 0 Å². The quantitative estimate of drug-likeness (QED) is 0.548. The summed E-state index contributed by atoms with van der Waals surface area (Å²) in [6.45, 7) is 2.39. The van der Waals surface area contributed by atoms with E-state index >= 15 is 0 Å². The lowest BCUT2D eigenvalue weighted by molar-refractivity contribution is 0.313. The lowest BCUT2D eigenvalue weighted by Crippen LogP contribution is -2.33. The van der Waals surface area contributed by atoms with Crippen LogP contribution in [0.2, 0.25) is 0 Å². The molecule has 1 heterocycles. The topological polar surface area (TPSA) is 72.3 Å². The van der Waals surface area contributed by atoms with E-state index in [1.807, 2.05) is 67.6 Å². The predicted octanol–water partition coefficient (Wildman–Crippen LogP) is 5.03. The van der Waals surface area contributed by atoms with Gasteiger partial charge in [-0.25, -0.2) is 0 Å². The maximum absolute atomic E-state index is 10.9. The molecule has 0 saturated heterocycles. The number of aromatic hydroxyl groups is 1. The van der Waals surface area contributed by atoms with Gasteiger partial charge in [-0.3, -0.25) is 10.3 Å². The van der Waals surface area contributed by atoms with Crippen LogP contribution in [0.3, 0.4) is 0 Å². The molecule has 6 heteroatoms. The number of nitrogens with one attached hydrogen (secondary N) is 1. The zero-order chi connectivity index (χ0) is 22.5. The number of methoxy groups -OCH3 is 2. The van der Waals surface area contributed by atoms with E-state index in [9.17, 15) is 5.11 Å². The molecule has 32 heavy (non-hydrogen) atoms. The molecular formula is C26H28N2O4. The van der Waals surface area contributed by atoms with E-state index in [4.69, 9.17) is 19.2 Å². The molecule has 0 fully saturated rings. The highest BCUT2D eigenvalue weighted by molar-refractivity contribution is 6.01. The molecule has 1 aliphatic rings. The number of phenols is 1. The minimum atomic E-state index is -0.295. The standard InChI is InChI=1S/C26H28N2O4/c1-4-32-24-10-6-9-21(25(24)29)23-16-22(17-11-13-19(30-2)14-12-17)27-26(28-23)18-7-5-8-20(15-18)31-3/h5-15,23,26,28-29H,4,16H2,1-3H3. The predicted molar refractivity (Wildman–Crippen MR) is 125 cm³/mol. The molecule has 0 radical (unpaired) electrons. The number of para-hydroxylation sites is 1. The van der Waals surface area contributed by atoms with E-state index in [1.165, 1.54) is 0 Å². The molecule has 3 aromatic carbocycles. The highest BCUT2D eigenvalue weighted by atomic mass is 16.5. The zero-order valence-electron chi connectivity index (χ0n) is 18.5. The van der Waals surface area contributed by atoms with Crippen molar-refractivity contribution in [1.82, 2.24) is 5.32 Å². The van der Waals surface area contributed by atoms with E-state index in [0.717, 1.165) is 33.9 Å². The minimum Gasteiger partial charge on any atom is -0.504 e. The van der Waals surface area contributed by atoms with Crippen molar-refractivity contribution in [2.75, 3.05) is 20.8 Å². The Balaban J connectivity index is 1.75. The summed E-state index contributed by atoms with van der Waals surface area (Å²) in [5.41, 5.74) is 3.74. The summed E-state index contributed by atoms with van der Waals surface area (Å²) >= 11 is 0. The van der Waals surface area contributed by atoms with Crippen molar-refractivity contribution in [2.24, 2.45) is 4.99 Å². The lowest BCUT2D eigenvalue weighted by atomic mass is 9.93. The first-order valence-corrected chi connectivity index (χ1v) is 10.7. The summed E-state index contributed by atoms with van der Waals surface area (Å²) in [5.74, 6) is 2.21. The molecule has 0 amide bonds. The number of benzene rings is 3. The zero-order valence-corrected chi connectivity index (χ0v) is 18.5. The molecule has 6 nitrogen and oxygen atoms in total. The summed E-state index contributed by atoms with van der Waals surface area (Å²) in [4.78, 5) is 5.01. The average molecular weight is 433 g/mol. The Hall–Kier alpha value is -3.51. The Morgan fingerprint density at radius 2 is 1.72 bits per heavy atom. The Morgan fingerprint density at radius 1 is 0.969 bits per heavy atom. The third-order valence-corrected chi connectivity index (χ3v) is 5.58. The highest BCUT2D eigenvalue weighted by Crippen LogP contribution is 2.39. The van der Waals surface area contributed by atoms with Crippen molar-refractivity contribution in [3.05, 3.63) is 83.4 Å². The van der Waals surface area contributed by atoms with Gasteiger partial charge in [-0.15, -0.1) is 0 Å². The molecule has 0 spiro atoms. The second-order valence-corrected chi connectivity index (χ2v) is 7.53. The molecule has 0 aromatic heterocycles. The number of nitrogens with zero attached hydrogens (tertiary/aromatic N) is 1. The first-order chi connectivity index (χ1) is 15.6. The van der Waals surface area contributed by atoms with Crippen molar-refractivity contribution in [2.45, 2.75) is 25.6 Å². The van der Waals surface area contributed by atoms with Crippen LogP contribution in [0, 0.1) is 0 Å². The second-order valence-electron chi connectivity index (χ2n) is 7.53. The van der Waals surface area contributed by atoms with E-state index < -0.39 is 0 Å². The Labute approximate surface area is 188 Å². The van der Waals surface area contributed by atoms with E-state index in [0.29, 0.717) is 18.8 Å². The smallest absolute Gasteiger partial charge is 0.162 e. The van der Waals surface area contributed by atoms with E-state index in [2.05, 4.69) is 5.32 Å². The first kappa shape index (κ1) is 21.7. The number of hydrogen-bond donors (Lipinski definition) is 2. The molecule has 2 atom stereocenters. The number of aliphatic imine (C=N–C) groups is 1. The molecule has 0 aliphatic carbocycles. The van der Waals surface area contributed by atoms with Crippen molar-refractivity contribution in [1.29, 1.82) is 0 Å². The molecule has 166 valence electrons. The Bertz CT molecular complexity index is 1100. The monoisotopic (exact) mass is 432 g/mol. The molecule has 1 aliphatic heterocycles. The van der Waals surface area contributed by atoms with Gasteiger partial charge in [-0.1, -0.05) is 24.3 Å². The van der Waals surface area contributed by atoms with Crippen LogP contribution in [0.4, 0.5) is 0 Å². The van der Waals surface area contributed by atoms with Gasteiger partial charge in [0, 0.05) is 23.7 Å². The maximum Gasteiger partial charge on any atom is 0.162 e. The molecule has 2 unspecified atom stereocenters. The van der Waals surface area contributed by atoms with Crippen LogP contribution in [0.1, 0.15) is 42.2 Å². The van der Waals surface area contributed by atoms with Crippen LogP contribution in [0.5, 0.6) is 23.0 Å². The molecule has 3 aromatic rings. The summed E-state index contributed by atoms with van der Waals surface area (Å²) in [6.07, 6.45) is 0.326. The van der Waals surface area contributed by atoms with Gasteiger partial charge < -0.3 is 19.3 Å². The second kappa shape index (κ2) is 9.75. The van der Waals surface area contributed by atoms with Gasteiger partial charge in [0.2, 0.25) is 0 Å². The Morgan fingerprint density at radius 3 is 2.44 bits per heavy atom. The molecular weight excluding hydrogens is 404 g/mol. The maximum atomic E-state index is 10.9. The molecule has 2 N–H and O–H groups in total. The first-order valence-electron chi connectivity index (χ1n) is 10.7. The minimum absolute atomic E-state index is 0.152. The van der Waals surface area contributed by atoms with Gasteiger partial charge in [0.25, 0.3) is 0 Å². The van der Waals surface area contributed by atoms with Crippen molar-refractivity contribution in [3.8, 4) is 23.0 Å². The fraction of sp³-hybridized carbons (Fsp3) is 0.269. The molecule has 4 rings (SSSR count). The number of phenolic OH excluding ortho intramolecular Hbond substituents is 1. The highest BCUT2D eigenvalue weighted by Gasteiger charge is 2.28. The third kappa shape index (κ3) is 4.55. The summed E-state index contributed by atoms with van der Waals surface area (Å²) in [7, 11) is 3.31. The SMILES string of the molecule is CCOc1cccc(C2CC(c3ccc(OC)cc3)=NC(c3cccc(OC)c3)N2)c1O. The van der Waals surface area contributed by atoms with Crippen molar-refractivity contribution in [3.63, 3.8) is 0 Å². The van der Waals surface area contributed by atoms with Gasteiger partial charge in [0.05, 0.1) is 20.8 Å². The lowest BCUT2D eigenvalue weighted by Gasteiger charge is -2.31. The summed E-state index contributed by atoms with van der Waals surface area (Å²) in [6, 6.07) is 21.2. The summed E-state index contributed by atoms with van der Waals surface area (Å²) < 4.78 is 16.3. The van der Waals surface area contributed by atoms with E-state index in [1.54, 1.807) is 20.3 Å². The number of hydrogen-bond acceptors (Lipinski definition) is 6. The molecule has 0 bridgehead atoms. The largest absolute Gasteiger partial charge is 0.504 e. The van der Waals surface area contributed by atoms with Gasteiger partial charge in [-0.05, 0) is 60.5 Å². The van der Waals surface area contributed by atoms with E-state index in [-0.39, 0.29) is 18.0 Å². The average Bonchev–Trinajstić information content (AvgIpc) is 2.85. The Kier molecular flexibility index (Phi) is 6.61. The summed E-state index contributed by atoms with van der Waals surface area (Å²) in [5, 5.41) is 14.5. The normalized spacial score (nSPS) is 18.0. The van der Waals surface area contributed by atoms with Crippen LogP contribution >= 0.6 is 0 Å². The van der Waals surface area contributed by atoms with Crippen molar-refractivity contribution >= 4 is 5.71 Å². The fourth-order valence-corrected chi connectivity index (χ4v) is 3.94. The van der Waals surface area contributed by atoms with Crippen molar-refractivity contribution < 1.29 is 19.3 Å². The van der Waals surface area contributed by atoms with Crippen LogP contribution in [0.15, 0.2) is 71.7 Å². The molecule has 0 saturated carbocycles. The van der Waals surface area contributed by atoms with Gasteiger partial charge in [-0.2, -0.15) is 0 Å². The number of ether oxygens (including phenoxy) is 3. The van der Waals surface area contributed by atoms with Crippen LogP contribution in [-0.2, 0) is 0 Å². The van der Waals surface area contributed by atoms with Gasteiger partial charge in [0.1, 0.15) is 17.7 Å². The van der Waals surface area contributed by atoms with Crippen LogP contribution < -0.4 is 19.5 Å². The number of rotatable bonds is 7. The fourth-order valence-electron chi connectivity index (χ4n) is 3.94. The third-order valence-electron chi connectivity index (χ3n) is 5.58.